The predicted molar refractivity (Wildman–Crippen MR) is 138 cm³/mol. The van der Waals surface area contributed by atoms with Gasteiger partial charge in [0.2, 0.25) is 17.4 Å². The molecule has 0 bridgehead atoms. The van der Waals surface area contributed by atoms with Crippen LogP contribution in [0.3, 0.4) is 0 Å². The Hall–Kier alpha value is -4.79. The van der Waals surface area contributed by atoms with Gasteiger partial charge >= 0.3 is 0 Å². The van der Waals surface area contributed by atoms with E-state index >= 15 is 8.78 Å². The minimum absolute atomic E-state index is 0.0325. The molecule has 2 aromatic heterocycles. The quantitative estimate of drug-likeness (QED) is 0.0971. The summed E-state index contributed by atoms with van der Waals surface area (Å²) in [5.41, 5.74) is 1.39. The van der Waals surface area contributed by atoms with E-state index in [1.807, 2.05) is 13.8 Å². The topological polar surface area (TPSA) is 65.7 Å². The minimum atomic E-state index is -2.29. The Morgan fingerprint density at radius 2 is 0.875 bits per heavy atom. The van der Waals surface area contributed by atoms with Gasteiger partial charge in [0.1, 0.15) is 0 Å². The van der Waals surface area contributed by atoms with E-state index in [4.69, 9.17) is 0 Å². The van der Waals surface area contributed by atoms with Crippen LogP contribution in [-0.2, 0) is 0 Å². The first-order chi connectivity index (χ1) is 19.1. The van der Waals surface area contributed by atoms with Gasteiger partial charge in [-0.2, -0.15) is 0 Å². The number of aromatic nitrogens is 2. The van der Waals surface area contributed by atoms with E-state index in [9.17, 15) is 22.8 Å². The van der Waals surface area contributed by atoms with Crippen LogP contribution in [0.1, 0.15) is 66.1 Å². The SMILES string of the molecule is Cc1ccc(C(=O)c2ccc(C(c3ccc(C(=O)c4ccc(C)cc4)[nH]3)c3c(F)c(F)c(F)c(F)c3F)[nH]2)cc1. The molecule has 0 radical (unpaired) electrons. The molecular formula is C31H21F5N2O2. The number of carbonyl (C=O) groups excluding carboxylic acids is 2. The standard InChI is InChI=1S/C31H21F5N2O2/c1-15-3-7-17(8-4-15)30(39)21-13-11-19(37-21)23(24-25(32)27(34)29(36)28(35)26(24)33)20-12-14-22(38-20)31(40)18-9-5-16(2)6-10-18/h3-14,23,37-38H,1-2H3. The lowest BCUT2D eigenvalue weighted by molar-refractivity contribution is 0.102. The molecule has 2 N–H and O–H groups in total. The van der Waals surface area contributed by atoms with Crippen molar-refractivity contribution in [3.63, 3.8) is 0 Å². The fourth-order valence-corrected chi connectivity index (χ4v) is 4.50. The Morgan fingerprint density at radius 1 is 0.525 bits per heavy atom. The van der Waals surface area contributed by atoms with Crippen molar-refractivity contribution in [2.45, 2.75) is 19.8 Å². The van der Waals surface area contributed by atoms with E-state index in [0.29, 0.717) is 11.1 Å². The highest BCUT2D eigenvalue weighted by atomic mass is 19.2. The zero-order valence-electron chi connectivity index (χ0n) is 21.2. The van der Waals surface area contributed by atoms with Crippen LogP contribution in [0.25, 0.3) is 0 Å². The van der Waals surface area contributed by atoms with Crippen molar-refractivity contribution < 1.29 is 31.5 Å². The van der Waals surface area contributed by atoms with Gasteiger partial charge in [-0.25, -0.2) is 22.0 Å². The smallest absolute Gasteiger partial charge is 0.209 e. The third-order valence-electron chi connectivity index (χ3n) is 6.69. The van der Waals surface area contributed by atoms with Crippen molar-refractivity contribution in [1.29, 1.82) is 0 Å². The normalized spacial score (nSPS) is 11.3. The van der Waals surface area contributed by atoms with Crippen LogP contribution in [0.5, 0.6) is 0 Å². The van der Waals surface area contributed by atoms with Crippen LogP contribution in [0.15, 0.2) is 72.8 Å². The molecule has 0 spiro atoms. The summed E-state index contributed by atoms with van der Waals surface area (Å²) in [6, 6.07) is 18.7. The molecular weight excluding hydrogens is 527 g/mol. The third kappa shape index (κ3) is 4.75. The largest absolute Gasteiger partial charge is 0.355 e. The van der Waals surface area contributed by atoms with E-state index in [-0.39, 0.29) is 22.8 Å². The summed E-state index contributed by atoms with van der Waals surface area (Å²) in [6.07, 6.45) is 0. The van der Waals surface area contributed by atoms with Crippen molar-refractivity contribution in [1.82, 2.24) is 9.97 Å². The second-order valence-corrected chi connectivity index (χ2v) is 9.46. The van der Waals surface area contributed by atoms with Crippen molar-refractivity contribution in [3.05, 3.63) is 152 Å². The molecule has 0 aliphatic rings. The minimum Gasteiger partial charge on any atom is -0.355 e. The second kappa shape index (κ2) is 10.4. The number of aryl methyl sites for hydroxylation is 2. The molecule has 5 aromatic rings. The van der Waals surface area contributed by atoms with Crippen molar-refractivity contribution in [3.8, 4) is 0 Å². The highest BCUT2D eigenvalue weighted by Gasteiger charge is 2.34. The summed E-state index contributed by atoms with van der Waals surface area (Å²) >= 11 is 0. The monoisotopic (exact) mass is 548 g/mol. The Morgan fingerprint density at radius 3 is 1.25 bits per heavy atom. The van der Waals surface area contributed by atoms with Gasteiger partial charge < -0.3 is 9.97 Å². The van der Waals surface area contributed by atoms with Gasteiger partial charge in [0, 0.05) is 28.1 Å². The van der Waals surface area contributed by atoms with Crippen LogP contribution in [0.4, 0.5) is 22.0 Å². The summed E-state index contributed by atoms with van der Waals surface area (Å²) in [5.74, 6) is -13.0. The van der Waals surface area contributed by atoms with Gasteiger partial charge in [-0.1, -0.05) is 59.7 Å². The van der Waals surface area contributed by atoms with Gasteiger partial charge in [0.15, 0.2) is 23.3 Å². The lowest BCUT2D eigenvalue weighted by atomic mass is 9.91. The summed E-state index contributed by atoms with van der Waals surface area (Å²) in [5, 5.41) is 0. The average Bonchev–Trinajstić information content (AvgIpc) is 3.64. The van der Waals surface area contributed by atoms with Crippen LogP contribution < -0.4 is 0 Å². The average molecular weight is 549 g/mol. The molecule has 0 saturated heterocycles. The Bertz CT molecular complexity index is 1630. The molecule has 2 heterocycles. The van der Waals surface area contributed by atoms with Crippen LogP contribution in [-0.4, -0.2) is 21.5 Å². The maximum Gasteiger partial charge on any atom is 0.209 e. The molecule has 0 unspecified atom stereocenters. The Labute approximate surface area is 225 Å². The first-order valence-corrected chi connectivity index (χ1v) is 12.2. The number of halogens is 5. The fraction of sp³-hybridized carbons (Fsp3) is 0.0968. The number of hydrogen-bond acceptors (Lipinski definition) is 2. The first kappa shape index (κ1) is 26.8. The number of rotatable bonds is 7. The zero-order valence-corrected chi connectivity index (χ0v) is 21.2. The highest BCUT2D eigenvalue weighted by Crippen LogP contribution is 2.37. The zero-order chi connectivity index (χ0) is 28.7. The number of ketones is 2. The van der Waals surface area contributed by atoms with E-state index in [1.165, 1.54) is 24.3 Å². The van der Waals surface area contributed by atoms with Crippen LogP contribution in [0.2, 0.25) is 0 Å². The molecule has 0 saturated carbocycles. The molecule has 0 fully saturated rings. The number of H-pyrrole nitrogens is 2. The Balaban J connectivity index is 1.63. The van der Waals surface area contributed by atoms with E-state index in [2.05, 4.69) is 9.97 Å². The maximum absolute atomic E-state index is 15.1. The van der Waals surface area contributed by atoms with E-state index < -0.39 is 52.1 Å². The van der Waals surface area contributed by atoms with Gasteiger partial charge in [-0.3, -0.25) is 9.59 Å². The van der Waals surface area contributed by atoms with Gasteiger partial charge in [0.25, 0.3) is 0 Å². The molecule has 3 aromatic carbocycles. The predicted octanol–water partition coefficient (Wildman–Crippen LogP) is 7.30. The van der Waals surface area contributed by atoms with Crippen molar-refractivity contribution in [2.24, 2.45) is 0 Å². The molecule has 0 amide bonds. The summed E-state index contributed by atoms with van der Waals surface area (Å²) in [4.78, 5) is 31.6. The first-order valence-electron chi connectivity index (χ1n) is 12.2. The van der Waals surface area contributed by atoms with E-state index in [0.717, 1.165) is 11.1 Å². The summed E-state index contributed by atoms with van der Waals surface area (Å²) in [6.45, 7) is 3.70. The van der Waals surface area contributed by atoms with E-state index in [1.54, 1.807) is 48.5 Å². The molecule has 5 rings (SSSR count). The molecule has 0 aliphatic carbocycles. The van der Waals surface area contributed by atoms with Gasteiger partial charge in [-0.15, -0.1) is 0 Å². The molecule has 4 nitrogen and oxygen atoms in total. The molecule has 202 valence electrons. The molecule has 40 heavy (non-hydrogen) atoms. The number of hydrogen-bond donors (Lipinski definition) is 2. The highest BCUT2D eigenvalue weighted by molar-refractivity contribution is 6.08. The second-order valence-electron chi connectivity index (χ2n) is 9.46. The van der Waals surface area contributed by atoms with Crippen LogP contribution >= 0.6 is 0 Å². The molecule has 0 atom stereocenters. The molecule has 9 heteroatoms. The number of nitrogens with one attached hydrogen (secondary N) is 2. The fourth-order valence-electron chi connectivity index (χ4n) is 4.50. The summed E-state index contributed by atoms with van der Waals surface area (Å²) in [7, 11) is 0. The maximum atomic E-state index is 15.1. The number of benzene rings is 3. The number of carbonyl (C=O) groups is 2. The third-order valence-corrected chi connectivity index (χ3v) is 6.69. The number of aromatic amines is 2. The van der Waals surface area contributed by atoms with Crippen LogP contribution in [0, 0.1) is 42.9 Å². The Kier molecular flexibility index (Phi) is 6.97. The lowest BCUT2D eigenvalue weighted by Gasteiger charge is -2.18. The van der Waals surface area contributed by atoms with Crippen molar-refractivity contribution >= 4 is 11.6 Å². The molecule has 0 aliphatic heterocycles. The van der Waals surface area contributed by atoms with Gasteiger partial charge in [0.05, 0.1) is 17.3 Å². The van der Waals surface area contributed by atoms with Crippen molar-refractivity contribution in [2.75, 3.05) is 0 Å². The van der Waals surface area contributed by atoms with Gasteiger partial charge in [-0.05, 0) is 38.1 Å². The summed E-state index contributed by atoms with van der Waals surface area (Å²) < 4.78 is 72.6. The lowest BCUT2D eigenvalue weighted by Crippen LogP contribution is -2.15.